The van der Waals surface area contributed by atoms with Gasteiger partial charge in [0.1, 0.15) is 5.84 Å². The monoisotopic (exact) mass is 192 g/mol. The van der Waals surface area contributed by atoms with Crippen LogP contribution in [0.1, 0.15) is 13.8 Å². The van der Waals surface area contributed by atoms with Crippen LogP contribution >= 0.6 is 11.6 Å². The highest BCUT2D eigenvalue weighted by molar-refractivity contribution is 6.74. The van der Waals surface area contributed by atoms with Crippen LogP contribution in [0.25, 0.3) is 0 Å². The summed E-state index contributed by atoms with van der Waals surface area (Å²) in [6.45, 7) is 4.22. The van der Waals surface area contributed by atoms with Crippen molar-refractivity contribution < 1.29 is 4.53 Å². The number of hydrogen-bond donors (Lipinski definition) is 1. The van der Waals surface area contributed by atoms with Crippen LogP contribution in [0, 0.1) is 0 Å². The van der Waals surface area contributed by atoms with Gasteiger partial charge in [0, 0.05) is 0 Å². The number of rotatable bonds is 3. The molecule has 0 aliphatic carbocycles. The van der Waals surface area contributed by atoms with Gasteiger partial charge in [-0.2, -0.15) is 0 Å². The smallest absolute Gasteiger partial charge is 0.292 e. The fourth-order valence-electron chi connectivity index (χ4n) is 1.06. The molecule has 0 saturated heterocycles. The number of halogens is 1. The Hall–Kier alpha value is -0.0631. The van der Waals surface area contributed by atoms with Gasteiger partial charge < -0.3 is 0 Å². The molecular formula is C6H13ClN2OSi. The van der Waals surface area contributed by atoms with Crippen molar-refractivity contribution in [2.75, 3.05) is 5.88 Å². The van der Waals surface area contributed by atoms with E-state index in [4.69, 9.17) is 16.1 Å². The quantitative estimate of drug-likeness (QED) is 0.545. The second kappa shape index (κ2) is 3.56. The zero-order valence-electron chi connectivity index (χ0n) is 6.85. The van der Waals surface area contributed by atoms with E-state index < -0.39 is 8.48 Å². The highest BCUT2D eigenvalue weighted by Gasteiger charge is 2.37. The Balaban J connectivity index is 2.67. The number of amidine groups is 1. The number of hydrogen-bond acceptors (Lipinski definition) is 3. The highest BCUT2D eigenvalue weighted by Crippen LogP contribution is 2.20. The molecule has 0 unspecified atom stereocenters. The Labute approximate surface area is 73.0 Å². The summed E-state index contributed by atoms with van der Waals surface area (Å²) in [6, 6.07) is 2.02. The van der Waals surface area contributed by atoms with Crippen LogP contribution in [0.3, 0.4) is 0 Å². The summed E-state index contributed by atoms with van der Waals surface area (Å²) in [5.41, 5.74) is 2.78. The predicted molar refractivity (Wildman–Crippen MR) is 49.1 cm³/mol. The van der Waals surface area contributed by atoms with Crippen molar-refractivity contribution in [2.24, 2.45) is 4.66 Å². The van der Waals surface area contributed by atoms with Gasteiger partial charge in [-0.3, -0.25) is 14.7 Å². The number of nitrogens with zero attached hydrogens (tertiary/aromatic N) is 1. The molecule has 1 aliphatic heterocycles. The molecule has 1 aliphatic rings. The van der Waals surface area contributed by atoms with E-state index >= 15 is 0 Å². The molecule has 1 rings (SSSR count). The predicted octanol–water partition coefficient (Wildman–Crippen LogP) is 1.64. The van der Waals surface area contributed by atoms with Crippen LogP contribution in [0.15, 0.2) is 4.66 Å². The molecule has 11 heavy (non-hydrogen) atoms. The maximum Gasteiger partial charge on any atom is 0.349 e. The Morgan fingerprint density at radius 2 is 2.18 bits per heavy atom. The fraction of sp³-hybridized carbons (Fsp3) is 0.833. The van der Waals surface area contributed by atoms with E-state index in [0.29, 0.717) is 5.88 Å². The van der Waals surface area contributed by atoms with E-state index in [0.717, 1.165) is 17.9 Å². The number of alkyl halides is 1. The third-order valence-corrected chi connectivity index (χ3v) is 5.55. The number of nitrogens with one attached hydrogen (secondary N) is 1. The van der Waals surface area contributed by atoms with Crippen LogP contribution in [-0.4, -0.2) is 20.2 Å². The second-order valence-corrected chi connectivity index (χ2v) is 6.55. The summed E-state index contributed by atoms with van der Waals surface area (Å²) >= 11 is 5.60. The molecule has 0 spiro atoms. The maximum atomic E-state index is 5.60. The van der Waals surface area contributed by atoms with Crippen LogP contribution in [0.4, 0.5) is 0 Å². The number of hydroxylamine groups is 1. The lowest BCUT2D eigenvalue weighted by Gasteiger charge is -2.15. The minimum Gasteiger partial charge on any atom is -0.292 e. The zero-order valence-corrected chi connectivity index (χ0v) is 8.61. The van der Waals surface area contributed by atoms with Crippen molar-refractivity contribution in [3.63, 3.8) is 0 Å². The van der Waals surface area contributed by atoms with Crippen LogP contribution in [0.2, 0.25) is 12.1 Å². The Morgan fingerprint density at radius 3 is 2.45 bits per heavy atom. The molecule has 0 aromatic rings. The lowest BCUT2D eigenvalue weighted by Crippen LogP contribution is -2.33. The van der Waals surface area contributed by atoms with Crippen molar-refractivity contribution >= 4 is 25.9 Å². The molecule has 0 atom stereocenters. The molecule has 0 radical (unpaired) electrons. The second-order valence-electron chi connectivity index (χ2n) is 2.55. The first kappa shape index (κ1) is 9.03. The Morgan fingerprint density at radius 1 is 1.55 bits per heavy atom. The first-order valence-corrected chi connectivity index (χ1v) is 6.65. The molecule has 0 saturated carbocycles. The van der Waals surface area contributed by atoms with Gasteiger partial charge in [-0.1, -0.05) is 13.8 Å². The van der Waals surface area contributed by atoms with Crippen LogP contribution in [0.5, 0.6) is 0 Å². The van der Waals surface area contributed by atoms with Gasteiger partial charge in [0.25, 0.3) is 0 Å². The van der Waals surface area contributed by atoms with Gasteiger partial charge in [0.2, 0.25) is 0 Å². The molecule has 0 fully saturated rings. The third kappa shape index (κ3) is 1.75. The first-order chi connectivity index (χ1) is 5.26. The summed E-state index contributed by atoms with van der Waals surface area (Å²) in [5, 5.41) is 0. The summed E-state index contributed by atoms with van der Waals surface area (Å²) in [4.78, 5) is 0. The van der Waals surface area contributed by atoms with Gasteiger partial charge in [-0.05, 0) is 12.1 Å². The molecule has 1 N–H and O–H groups in total. The highest BCUT2D eigenvalue weighted by atomic mass is 35.5. The molecule has 0 bridgehead atoms. The maximum absolute atomic E-state index is 5.60. The molecule has 0 amide bonds. The van der Waals surface area contributed by atoms with Crippen molar-refractivity contribution in [1.29, 1.82) is 0 Å². The normalized spacial score (nSPS) is 21.2. The van der Waals surface area contributed by atoms with Crippen LogP contribution in [-0.2, 0) is 4.53 Å². The molecular weight excluding hydrogens is 180 g/mol. The van der Waals surface area contributed by atoms with Gasteiger partial charge >= 0.3 is 8.48 Å². The summed E-state index contributed by atoms with van der Waals surface area (Å²) in [5.74, 6) is 1.22. The van der Waals surface area contributed by atoms with Gasteiger partial charge in [0.05, 0.1) is 5.88 Å². The van der Waals surface area contributed by atoms with Gasteiger partial charge in [-0.25, -0.2) is 0 Å². The van der Waals surface area contributed by atoms with E-state index in [9.17, 15) is 0 Å². The zero-order chi connectivity index (χ0) is 8.32. The third-order valence-electron chi connectivity index (χ3n) is 1.93. The molecule has 0 aromatic heterocycles. The van der Waals surface area contributed by atoms with Crippen molar-refractivity contribution in [3.8, 4) is 0 Å². The summed E-state index contributed by atoms with van der Waals surface area (Å²) in [7, 11) is -1.77. The molecule has 3 nitrogen and oxygen atoms in total. The van der Waals surface area contributed by atoms with E-state index in [1.807, 2.05) is 0 Å². The SMILES string of the molecule is CC[Si]1(CC)N=C(CCl)NO1. The fourth-order valence-corrected chi connectivity index (χ4v) is 3.34. The largest absolute Gasteiger partial charge is 0.349 e. The molecule has 1 heterocycles. The Bertz CT molecular complexity index is 170. The van der Waals surface area contributed by atoms with Crippen molar-refractivity contribution in [2.45, 2.75) is 25.9 Å². The minimum atomic E-state index is -1.77. The Kier molecular flexibility index (Phi) is 2.92. The molecule has 0 aromatic carbocycles. The van der Waals surface area contributed by atoms with Crippen LogP contribution < -0.4 is 5.48 Å². The molecule has 64 valence electrons. The average Bonchev–Trinajstić information content (AvgIpc) is 2.49. The van der Waals surface area contributed by atoms with Gasteiger partial charge in [0.15, 0.2) is 0 Å². The average molecular weight is 193 g/mol. The standard InChI is InChI=1S/C6H13ClN2OSi/c1-3-11(4-2)9-6(5-7)8-10-11/h3-5H2,1-2H3,(H,8,9). The lowest BCUT2D eigenvalue weighted by molar-refractivity contribution is 0.260. The topological polar surface area (TPSA) is 33.6 Å². The first-order valence-electron chi connectivity index (χ1n) is 3.85. The van der Waals surface area contributed by atoms with E-state index in [1.165, 1.54) is 0 Å². The van der Waals surface area contributed by atoms with E-state index in [2.05, 4.69) is 24.0 Å². The van der Waals surface area contributed by atoms with Crippen molar-refractivity contribution in [3.05, 3.63) is 0 Å². The van der Waals surface area contributed by atoms with E-state index in [1.54, 1.807) is 0 Å². The van der Waals surface area contributed by atoms with Gasteiger partial charge in [-0.15, -0.1) is 11.6 Å². The van der Waals surface area contributed by atoms with Crippen molar-refractivity contribution in [1.82, 2.24) is 5.48 Å². The lowest BCUT2D eigenvalue weighted by atomic mass is 10.7. The molecule has 5 heteroatoms. The minimum absolute atomic E-state index is 0.425. The van der Waals surface area contributed by atoms with E-state index in [-0.39, 0.29) is 0 Å². The summed E-state index contributed by atoms with van der Waals surface area (Å²) in [6.07, 6.45) is 0. The summed E-state index contributed by atoms with van der Waals surface area (Å²) < 4.78 is 9.91.